The molecule has 0 saturated heterocycles. The van der Waals surface area contributed by atoms with Gasteiger partial charge in [-0.25, -0.2) is 9.66 Å². The van der Waals surface area contributed by atoms with Gasteiger partial charge in [-0.15, -0.1) is 0 Å². The van der Waals surface area contributed by atoms with Gasteiger partial charge in [0.2, 0.25) is 5.91 Å². The second kappa shape index (κ2) is 9.31. The van der Waals surface area contributed by atoms with E-state index in [2.05, 4.69) is 11.1 Å². The lowest BCUT2D eigenvalue weighted by atomic mass is 10.2. The molecule has 0 aliphatic heterocycles. The van der Waals surface area contributed by atoms with Crippen molar-refractivity contribution >= 4 is 35.0 Å². The molecule has 0 atom stereocenters. The number of hydrogen-bond acceptors (Lipinski definition) is 5. The minimum atomic E-state index is -0.147. The van der Waals surface area contributed by atoms with Crippen LogP contribution in [0.25, 0.3) is 11.3 Å². The Labute approximate surface area is 172 Å². The molecule has 0 saturated carbocycles. The summed E-state index contributed by atoms with van der Waals surface area (Å²) in [6.45, 7) is 0.294. The summed E-state index contributed by atoms with van der Waals surface area (Å²) in [7, 11) is 0. The summed E-state index contributed by atoms with van der Waals surface area (Å²) in [6.07, 6.45) is 1.96. The molecule has 3 aromatic rings. The van der Waals surface area contributed by atoms with Gasteiger partial charge in [0, 0.05) is 22.8 Å². The topological polar surface area (TPSA) is 87.9 Å². The number of carbonyl (C=O) groups excluding carboxylic acids is 1. The third-order valence-corrected chi connectivity index (χ3v) is 5.15. The van der Waals surface area contributed by atoms with Crippen molar-refractivity contribution in [1.82, 2.24) is 9.66 Å². The van der Waals surface area contributed by atoms with Crippen molar-refractivity contribution in [2.24, 2.45) is 0 Å². The van der Waals surface area contributed by atoms with E-state index < -0.39 is 0 Å². The Morgan fingerprint density at radius 1 is 1.25 bits per heavy atom. The first kappa shape index (κ1) is 19.8. The second-order valence-electron chi connectivity index (χ2n) is 5.90. The van der Waals surface area contributed by atoms with E-state index in [4.69, 9.17) is 22.7 Å². The van der Waals surface area contributed by atoms with Crippen LogP contribution in [0.15, 0.2) is 66.0 Å². The second-order valence-corrected chi connectivity index (χ2v) is 7.28. The first-order valence-corrected chi connectivity index (χ1v) is 9.90. The molecule has 1 heterocycles. The highest BCUT2D eigenvalue weighted by Crippen LogP contribution is 2.25. The predicted octanol–water partition coefficient (Wildman–Crippen LogP) is 3.96. The van der Waals surface area contributed by atoms with Crippen molar-refractivity contribution in [3.8, 4) is 17.3 Å². The number of anilines is 1. The number of nitrogen functional groups attached to an aromatic ring is 1. The molecule has 0 bridgehead atoms. The largest absolute Gasteiger partial charge is 0.337 e. The van der Waals surface area contributed by atoms with Crippen molar-refractivity contribution in [1.29, 1.82) is 5.26 Å². The lowest BCUT2D eigenvalue weighted by Crippen LogP contribution is -2.33. The fraction of sp³-hybridized carbons (Fsp3) is 0.150. The number of amides is 1. The monoisotopic (exact) mass is 411 g/mol. The molecule has 0 unspecified atom stereocenters. The van der Waals surface area contributed by atoms with Crippen LogP contribution in [0.3, 0.4) is 0 Å². The predicted molar refractivity (Wildman–Crippen MR) is 113 cm³/mol. The van der Waals surface area contributed by atoms with E-state index in [0.29, 0.717) is 22.4 Å². The lowest BCUT2D eigenvalue weighted by molar-refractivity contribution is -0.116. The molecule has 6 nitrogen and oxygen atoms in total. The van der Waals surface area contributed by atoms with E-state index in [1.165, 1.54) is 16.4 Å². The summed E-state index contributed by atoms with van der Waals surface area (Å²) in [5.74, 6) is 5.99. The van der Waals surface area contributed by atoms with Gasteiger partial charge in [0.05, 0.1) is 30.1 Å². The summed E-state index contributed by atoms with van der Waals surface area (Å²) in [5.41, 5.74) is 2.36. The van der Waals surface area contributed by atoms with Gasteiger partial charge in [-0.05, 0) is 18.2 Å². The van der Waals surface area contributed by atoms with E-state index in [-0.39, 0.29) is 18.1 Å². The minimum absolute atomic E-state index is 0.139. The summed E-state index contributed by atoms with van der Waals surface area (Å²) in [6, 6.07) is 18.8. The molecule has 0 aliphatic rings. The highest BCUT2D eigenvalue weighted by atomic mass is 35.5. The highest BCUT2D eigenvalue weighted by molar-refractivity contribution is 7.99. The number of thioether (sulfide) groups is 1. The zero-order valence-electron chi connectivity index (χ0n) is 15.0. The minimum Gasteiger partial charge on any atom is -0.337 e. The van der Waals surface area contributed by atoms with Crippen molar-refractivity contribution in [2.75, 3.05) is 23.0 Å². The number of rotatable bonds is 7. The summed E-state index contributed by atoms with van der Waals surface area (Å²) in [5, 5.41) is 9.98. The quantitative estimate of drug-likeness (QED) is 0.469. The van der Waals surface area contributed by atoms with Gasteiger partial charge in [-0.1, -0.05) is 59.8 Å². The van der Waals surface area contributed by atoms with E-state index in [1.54, 1.807) is 35.4 Å². The molecule has 0 aliphatic carbocycles. The fourth-order valence-corrected chi connectivity index (χ4v) is 3.60. The summed E-state index contributed by atoms with van der Waals surface area (Å²) < 4.78 is 1.42. The Morgan fingerprint density at radius 2 is 2.04 bits per heavy atom. The van der Waals surface area contributed by atoms with Crippen LogP contribution in [-0.4, -0.2) is 27.9 Å². The van der Waals surface area contributed by atoms with Gasteiger partial charge in [-0.2, -0.15) is 5.26 Å². The van der Waals surface area contributed by atoms with Gasteiger partial charge >= 0.3 is 0 Å². The van der Waals surface area contributed by atoms with Gasteiger partial charge in [0.25, 0.3) is 0 Å². The Bertz CT molecular complexity index is 999. The molecule has 0 fully saturated rings. The molecule has 2 N–H and O–H groups in total. The van der Waals surface area contributed by atoms with Crippen LogP contribution in [0.5, 0.6) is 0 Å². The molecule has 0 spiro atoms. The molecule has 142 valence electrons. The number of nitrogens with zero attached hydrogens (tertiary/aromatic N) is 4. The molecule has 28 heavy (non-hydrogen) atoms. The number of hydrogen-bond donors (Lipinski definition) is 1. The van der Waals surface area contributed by atoms with Gasteiger partial charge in [0.1, 0.15) is 0 Å². The van der Waals surface area contributed by atoms with E-state index >= 15 is 0 Å². The van der Waals surface area contributed by atoms with Crippen LogP contribution in [0.1, 0.15) is 6.42 Å². The van der Waals surface area contributed by atoms with Gasteiger partial charge in [-0.3, -0.25) is 4.79 Å². The highest BCUT2D eigenvalue weighted by Gasteiger charge is 2.18. The van der Waals surface area contributed by atoms with Crippen LogP contribution in [0.4, 0.5) is 5.69 Å². The number of aromatic nitrogens is 2. The van der Waals surface area contributed by atoms with Crippen LogP contribution in [-0.2, 0) is 4.79 Å². The molecule has 1 aromatic heterocycles. The van der Waals surface area contributed by atoms with Crippen molar-refractivity contribution in [2.45, 2.75) is 11.6 Å². The number of benzene rings is 2. The SMILES string of the molecule is N#CCCN(C(=O)CSc1nc(-c2ccccc2)cn1N)c1cccc(Cl)c1. The molecule has 2 aromatic carbocycles. The van der Waals surface area contributed by atoms with Crippen molar-refractivity contribution in [3.05, 3.63) is 65.8 Å². The molecule has 8 heteroatoms. The third-order valence-electron chi connectivity index (χ3n) is 3.96. The normalized spacial score (nSPS) is 10.4. The zero-order valence-corrected chi connectivity index (χ0v) is 16.5. The zero-order chi connectivity index (χ0) is 19.9. The number of nitriles is 1. The molecule has 1 amide bonds. The average molecular weight is 412 g/mol. The Hall–Kier alpha value is -2.95. The lowest BCUT2D eigenvalue weighted by Gasteiger charge is -2.21. The van der Waals surface area contributed by atoms with Crippen molar-refractivity contribution < 1.29 is 4.79 Å². The number of halogens is 1. The summed E-state index contributed by atoms with van der Waals surface area (Å²) >= 11 is 7.30. The van der Waals surface area contributed by atoms with Crippen LogP contribution < -0.4 is 10.7 Å². The molecular weight excluding hydrogens is 394 g/mol. The maximum atomic E-state index is 12.8. The summed E-state index contributed by atoms with van der Waals surface area (Å²) in [4.78, 5) is 18.9. The number of carbonyl (C=O) groups is 1. The third kappa shape index (κ3) is 4.85. The molecule has 3 rings (SSSR count). The standard InChI is InChI=1S/C20H18ClN5OS/c21-16-8-4-9-17(12-16)25(11-5-10-22)19(27)14-28-20-24-18(13-26(20)23)15-6-2-1-3-7-15/h1-4,6-9,12-13H,5,11,14,23H2. The maximum Gasteiger partial charge on any atom is 0.237 e. The van der Waals surface area contributed by atoms with E-state index in [9.17, 15) is 4.79 Å². The van der Waals surface area contributed by atoms with Crippen molar-refractivity contribution in [3.63, 3.8) is 0 Å². The van der Waals surface area contributed by atoms with E-state index in [1.807, 2.05) is 30.3 Å². The number of nitrogens with two attached hydrogens (primary N) is 1. The Balaban J connectivity index is 1.72. The van der Waals surface area contributed by atoms with Gasteiger partial charge in [0.15, 0.2) is 5.16 Å². The maximum absolute atomic E-state index is 12.8. The van der Waals surface area contributed by atoms with Crippen LogP contribution in [0.2, 0.25) is 5.02 Å². The first-order valence-electron chi connectivity index (χ1n) is 8.54. The number of imidazole rings is 1. The first-order chi connectivity index (χ1) is 13.6. The molecule has 0 radical (unpaired) electrons. The van der Waals surface area contributed by atoms with Crippen LogP contribution in [0, 0.1) is 11.3 Å². The van der Waals surface area contributed by atoms with Crippen LogP contribution >= 0.6 is 23.4 Å². The molecular formula is C20H18ClN5OS. The van der Waals surface area contributed by atoms with E-state index in [0.717, 1.165) is 11.3 Å². The Kier molecular flexibility index (Phi) is 6.58. The average Bonchev–Trinajstić information content (AvgIpc) is 3.08. The van der Waals surface area contributed by atoms with Gasteiger partial charge < -0.3 is 10.7 Å². The smallest absolute Gasteiger partial charge is 0.237 e. The Morgan fingerprint density at radius 3 is 2.75 bits per heavy atom. The fourth-order valence-electron chi connectivity index (χ4n) is 2.64.